The number of hydrogen-bond acceptors (Lipinski definition) is 4. The van der Waals surface area contributed by atoms with Crippen molar-refractivity contribution in [3.63, 3.8) is 0 Å². The lowest BCUT2D eigenvalue weighted by Crippen LogP contribution is -2.56. The number of esters is 1. The summed E-state index contributed by atoms with van der Waals surface area (Å²) in [5, 5.41) is 3.17. The van der Waals surface area contributed by atoms with Gasteiger partial charge in [-0.2, -0.15) is 0 Å². The molecule has 1 heterocycles. The van der Waals surface area contributed by atoms with Gasteiger partial charge in [-0.15, -0.1) is 11.3 Å². The minimum atomic E-state index is -0.355. The Bertz CT molecular complexity index is 711. The summed E-state index contributed by atoms with van der Waals surface area (Å²) in [7, 11) is 0. The van der Waals surface area contributed by atoms with Gasteiger partial charge >= 0.3 is 5.97 Å². The predicted molar refractivity (Wildman–Crippen MR) is 105 cm³/mol. The first-order chi connectivity index (χ1) is 13.0. The van der Waals surface area contributed by atoms with E-state index < -0.39 is 0 Å². The van der Waals surface area contributed by atoms with E-state index in [1.807, 2.05) is 6.07 Å². The van der Waals surface area contributed by atoms with E-state index in [1.165, 1.54) is 66.7 Å². The van der Waals surface area contributed by atoms with Gasteiger partial charge in [0.15, 0.2) is 6.61 Å². The minimum absolute atomic E-state index is 0.157. The average molecular weight is 388 g/mol. The van der Waals surface area contributed by atoms with Crippen LogP contribution in [0.4, 0.5) is 0 Å². The van der Waals surface area contributed by atoms with Gasteiger partial charge in [-0.3, -0.25) is 4.79 Å². The zero-order chi connectivity index (χ0) is 18.6. The summed E-state index contributed by atoms with van der Waals surface area (Å²) in [6, 6.07) is 2.12. The first-order valence-corrected chi connectivity index (χ1v) is 11.4. The Morgan fingerprint density at radius 2 is 1.85 bits per heavy atom. The average Bonchev–Trinajstić information content (AvgIpc) is 3.20. The van der Waals surface area contributed by atoms with Crippen LogP contribution in [0, 0.1) is 23.2 Å². The highest BCUT2D eigenvalue weighted by molar-refractivity contribution is 7.14. The Balaban J connectivity index is 1.15. The maximum absolute atomic E-state index is 12.4. The molecule has 0 spiro atoms. The number of hydrogen-bond donors (Lipinski definition) is 1. The summed E-state index contributed by atoms with van der Waals surface area (Å²) in [6.07, 6.45) is 11.3. The van der Waals surface area contributed by atoms with Gasteiger partial charge in [0, 0.05) is 10.9 Å². The van der Waals surface area contributed by atoms with E-state index in [1.54, 1.807) is 0 Å². The third-order valence-electron chi connectivity index (χ3n) is 7.66. The van der Waals surface area contributed by atoms with Gasteiger partial charge in [0.2, 0.25) is 0 Å². The molecule has 4 fully saturated rings. The Morgan fingerprint density at radius 3 is 2.48 bits per heavy atom. The van der Waals surface area contributed by atoms with Crippen molar-refractivity contribution < 1.29 is 14.3 Å². The van der Waals surface area contributed by atoms with E-state index >= 15 is 0 Å². The van der Waals surface area contributed by atoms with Crippen LogP contribution >= 0.6 is 11.3 Å². The number of fused-ring (bicyclic) bond motifs is 1. The van der Waals surface area contributed by atoms with Gasteiger partial charge in [0.05, 0.1) is 0 Å². The molecular weight excluding hydrogens is 358 g/mol. The van der Waals surface area contributed by atoms with Crippen LogP contribution in [0.1, 0.15) is 72.0 Å². The summed E-state index contributed by atoms with van der Waals surface area (Å²) in [5.41, 5.74) is 1.56. The van der Waals surface area contributed by atoms with Crippen LogP contribution in [-0.4, -0.2) is 24.5 Å². The van der Waals surface area contributed by atoms with Crippen LogP contribution in [0.2, 0.25) is 0 Å². The summed E-state index contributed by atoms with van der Waals surface area (Å²) >= 11 is 1.53. The maximum Gasteiger partial charge on any atom is 0.348 e. The fourth-order valence-corrected chi connectivity index (χ4v) is 7.92. The van der Waals surface area contributed by atoms with E-state index in [2.05, 4.69) is 12.2 Å². The van der Waals surface area contributed by atoms with Crippen LogP contribution in [0.5, 0.6) is 0 Å². The molecule has 0 unspecified atom stereocenters. The molecule has 27 heavy (non-hydrogen) atoms. The van der Waals surface area contributed by atoms with Crippen molar-refractivity contribution in [3.05, 3.63) is 21.4 Å². The molecule has 0 aromatic carbocycles. The van der Waals surface area contributed by atoms with Crippen molar-refractivity contribution in [1.29, 1.82) is 0 Å². The summed E-state index contributed by atoms with van der Waals surface area (Å²) in [4.78, 5) is 26.7. The van der Waals surface area contributed by atoms with Crippen LogP contribution in [0.3, 0.4) is 0 Å². The van der Waals surface area contributed by atoms with E-state index in [0.29, 0.717) is 4.88 Å². The van der Waals surface area contributed by atoms with Gasteiger partial charge in [-0.25, -0.2) is 4.79 Å². The number of nitrogens with one attached hydrogen (secondary N) is 1. The Morgan fingerprint density at radius 1 is 1.19 bits per heavy atom. The smallest absolute Gasteiger partial charge is 0.348 e. The quantitative estimate of drug-likeness (QED) is 0.774. The van der Waals surface area contributed by atoms with Crippen molar-refractivity contribution in [2.24, 2.45) is 23.2 Å². The van der Waals surface area contributed by atoms with Gasteiger partial charge in [0.25, 0.3) is 5.91 Å². The third kappa shape index (κ3) is 3.22. The van der Waals surface area contributed by atoms with Gasteiger partial charge < -0.3 is 10.1 Å². The summed E-state index contributed by atoms with van der Waals surface area (Å²) < 4.78 is 5.31. The molecule has 6 rings (SSSR count). The fraction of sp³-hybridized carbons (Fsp3) is 0.727. The van der Waals surface area contributed by atoms with Crippen LogP contribution in [-0.2, 0) is 22.4 Å². The maximum atomic E-state index is 12.4. The second-order valence-electron chi connectivity index (χ2n) is 9.56. The number of thiophene rings is 1. The Kier molecular flexibility index (Phi) is 4.34. The molecule has 0 saturated heterocycles. The van der Waals surface area contributed by atoms with E-state index in [4.69, 9.17) is 4.74 Å². The molecule has 5 aliphatic carbocycles. The normalized spacial score (nSPS) is 34.3. The van der Waals surface area contributed by atoms with Gasteiger partial charge in [0.1, 0.15) is 4.88 Å². The number of carbonyl (C=O) groups is 2. The highest BCUT2D eigenvalue weighted by Crippen LogP contribution is 2.61. The van der Waals surface area contributed by atoms with E-state index in [9.17, 15) is 9.59 Å². The first kappa shape index (κ1) is 17.7. The van der Waals surface area contributed by atoms with Crippen molar-refractivity contribution >= 4 is 23.2 Å². The van der Waals surface area contributed by atoms with Crippen LogP contribution in [0.25, 0.3) is 0 Å². The molecule has 4 saturated carbocycles. The lowest BCUT2D eigenvalue weighted by Gasteiger charge is -2.59. The molecule has 4 nitrogen and oxygen atoms in total. The number of rotatable bonds is 5. The van der Waals surface area contributed by atoms with E-state index in [-0.39, 0.29) is 29.9 Å². The topological polar surface area (TPSA) is 55.4 Å². The Labute approximate surface area is 165 Å². The second-order valence-corrected chi connectivity index (χ2v) is 10.7. The van der Waals surface area contributed by atoms with Crippen LogP contribution < -0.4 is 5.32 Å². The molecule has 1 aromatic heterocycles. The minimum Gasteiger partial charge on any atom is -0.451 e. The second kappa shape index (κ2) is 6.61. The lowest BCUT2D eigenvalue weighted by atomic mass is 9.48. The molecule has 1 aromatic rings. The zero-order valence-electron chi connectivity index (χ0n) is 16.1. The molecule has 0 radical (unpaired) electrons. The molecule has 1 amide bonds. The monoisotopic (exact) mass is 387 g/mol. The van der Waals surface area contributed by atoms with Gasteiger partial charge in [-0.1, -0.05) is 0 Å². The summed E-state index contributed by atoms with van der Waals surface area (Å²) in [5.74, 6) is 2.10. The standard InChI is InChI=1S/C22H29NO3S/c1-13(22-9-14-5-15(10-22)7-16(6-14)11-22)23-20(24)12-26-21(25)19-8-17-3-2-4-18(17)27-19/h8,13-16H,2-7,9-12H2,1H3,(H,23,24)/t13-,14?,15?,16?,22?/m1/s1. The molecule has 1 N–H and O–H groups in total. The fourth-order valence-electron chi connectivity index (χ4n) is 6.78. The summed E-state index contributed by atoms with van der Waals surface area (Å²) in [6.45, 7) is 1.99. The molecule has 1 atom stereocenters. The Hall–Kier alpha value is -1.36. The van der Waals surface area contributed by atoms with Crippen molar-refractivity contribution in [1.82, 2.24) is 5.32 Å². The van der Waals surface area contributed by atoms with Crippen molar-refractivity contribution in [2.45, 2.75) is 70.8 Å². The number of ether oxygens (including phenoxy) is 1. The SMILES string of the molecule is C[C@@H](NC(=O)COC(=O)c1cc2c(s1)CCC2)C12CC3CC(CC(C3)C1)C2. The van der Waals surface area contributed by atoms with Gasteiger partial charge in [-0.05, 0) is 99.5 Å². The highest BCUT2D eigenvalue weighted by Gasteiger charge is 2.53. The highest BCUT2D eigenvalue weighted by atomic mass is 32.1. The molecule has 5 heteroatoms. The molecule has 0 aliphatic heterocycles. The van der Waals surface area contributed by atoms with E-state index in [0.717, 1.165) is 30.6 Å². The zero-order valence-corrected chi connectivity index (χ0v) is 16.9. The molecule has 146 valence electrons. The molecule has 4 bridgehead atoms. The lowest BCUT2D eigenvalue weighted by molar-refractivity contribution is -0.128. The first-order valence-electron chi connectivity index (χ1n) is 10.6. The van der Waals surface area contributed by atoms with Crippen molar-refractivity contribution in [3.8, 4) is 0 Å². The molecule has 5 aliphatic rings. The number of aryl methyl sites for hydroxylation is 2. The van der Waals surface area contributed by atoms with Crippen molar-refractivity contribution in [2.75, 3.05) is 6.61 Å². The molecular formula is C22H29NO3S. The van der Waals surface area contributed by atoms with Crippen LogP contribution in [0.15, 0.2) is 6.07 Å². The number of carbonyl (C=O) groups excluding carboxylic acids is 2. The number of amides is 1. The predicted octanol–water partition coefficient (Wildman–Crippen LogP) is 4.11. The largest absolute Gasteiger partial charge is 0.451 e. The third-order valence-corrected chi connectivity index (χ3v) is 8.88.